The number of likely N-dealkylation sites (tertiary alicyclic amines) is 1. The molecule has 2 aromatic rings. The van der Waals surface area contributed by atoms with E-state index in [9.17, 15) is 14.7 Å². The molecule has 0 bridgehead atoms. The summed E-state index contributed by atoms with van der Waals surface area (Å²) < 4.78 is 17.3. The van der Waals surface area contributed by atoms with Crippen LogP contribution in [0, 0.1) is 0 Å². The van der Waals surface area contributed by atoms with E-state index in [4.69, 9.17) is 14.2 Å². The highest BCUT2D eigenvalue weighted by Crippen LogP contribution is 2.36. The maximum atomic E-state index is 12.6. The van der Waals surface area contributed by atoms with E-state index >= 15 is 0 Å². The Hall–Kier alpha value is -2.55. The fourth-order valence-corrected chi connectivity index (χ4v) is 3.80. The van der Waals surface area contributed by atoms with Gasteiger partial charge in [0.15, 0.2) is 0 Å². The molecule has 1 saturated heterocycles. The normalized spacial score (nSPS) is 21.5. The topological polar surface area (TPSA) is 98.2 Å². The molecule has 1 aromatic heterocycles. The molecule has 1 fully saturated rings. The second-order valence-corrected chi connectivity index (χ2v) is 9.30. The zero-order valence-electron chi connectivity index (χ0n) is 17.6. The molecular weight excluding hydrogens is 456 g/mol. The highest BCUT2D eigenvalue weighted by molar-refractivity contribution is 9.10. The number of hydrogen-bond donors (Lipinski definition) is 1. The van der Waals surface area contributed by atoms with Gasteiger partial charge < -0.3 is 19.3 Å². The number of amides is 1. The fraction of sp³-hybridized carbons (Fsp3) is 0.476. The number of aromatic nitrogens is 1. The summed E-state index contributed by atoms with van der Waals surface area (Å²) in [5.74, 6) is -0.132. The smallest absolute Gasteiger partial charge is 0.411 e. The number of pyridine rings is 1. The number of hydrogen-bond acceptors (Lipinski definition) is 6. The Morgan fingerprint density at radius 3 is 2.60 bits per heavy atom. The number of benzene rings is 1. The van der Waals surface area contributed by atoms with E-state index in [1.807, 2.05) is 18.2 Å². The van der Waals surface area contributed by atoms with Gasteiger partial charge in [0, 0.05) is 17.9 Å². The minimum Gasteiger partial charge on any atom is -0.497 e. The maximum Gasteiger partial charge on any atom is 0.411 e. The van der Waals surface area contributed by atoms with Gasteiger partial charge in [-0.15, -0.1) is 0 Å². The minimum atomic E-state index is -1.44. The highest BCUT2D eigenvalue weighted by Gasteiger charge is 2.52. The molecule has 8 nitrogen and oxygen atoms in total. The summed E-state index contributed by atoms with van der Waals surface area (Å²) in [6, 6.07) is 7.38. The second-order valence-electron chi connectivity index (χ2n) is 8.45. The van der Waals surface area contributed by atoms with E-state index in [1.54, 1.807) is 33.9 Å². The van der Waals surface area contributed by atoms with Crippen LogP contribution in [0.25, 0.3) is 10.9 Å². The first-order chi connectivity index (χ1) is 13.9. The molecule has 3 rings (SSSR count). The molecule has 0 aliphatic carbocycles. The van der Waals surface area contributed by atoms with Gasteiger partial charge in [0.2, 0.25) is 5.88 Å². The summed E-state index contributed by atoms with van der Waals surface area (Å²) in [5.41, 5.74) is -1.51. The van der Waals surface area contributed by atoms with Crippen molar-refractivity contribution in [1.82, 2.24) is 9.88 Å². The number of carboxylic acids is 1. The monoisotopic (exact) mass is 480 g/mol. The summed E-state index contributed by atoms with van der Waals surface area (Å²) in [4.78, 5) is 30.4. The largest absolute Gasteiger partial charge is 0.497 e. The molecule has 162 valence electrons. The van der Waals surface area contributed by atoms with Crippen LogP contribution in [0.1, 0.15) is 34.1 Å². The molecule has 1 N–H and O–H groups in total. The lowest BCUT2D eigenvalue weighted by Gasteiger charge is -2.32. The van der Waals surface area contributed by atoms with E-state index in [1.165, 1.54) is 11.8 Å². The van der Waals surface area contributed by atoms with Crippen LogP contribution in [0.2, 0.25) is 0 Å². The summed E-state index contributed by atoms with van der Waals surface area (Å²) in [5, 5.41) is 10.7. The molecule has 9 heteroatoms. The van der Waals surface area contributed by atoms with Gasteiger partial charge in [-0.2, -0.15) is 0 Å². The SMILES string of the molecule is COc1ccc2cc(Br)c(O[C@H]3CN(C(=O)OC(C)(C)C)[C@](C)(C(=O)O)C3)nc2c1. The number of carboxylic acid groups (broad SMARTS) is 1. The zero-order chi connectivity index (χ0) is 22.3. The molecule has 0 radical (unpaired) electrons. The van der Waals surface area contributed by atoms with Gasteiger partial charge in [-0.3, -0.25) is 4.90 Å². The Morgan fingerprint density at radius 2 is 2.00 bits per heavy atom. The molecule has 0 saturated carbocycles. The van der Waals surface area contributed by atoms with Gasteiger partial charge in [0.05, 0.1) is 23.6 Å². The fourth-order valence-electron chi connectivity index (χ4n) is 3.37. The van der Waals surface area contributed by atoms with Crippen molar-refractivity contribution in [2.75, 3.05) is 13.7 Å². The third-order valence-corrected chi connectivity index (χ3v) is 5.47. The number of methoxy groups -OCH3 is 1. The van der Waals surface area contributed by atoms with E-state index in [0.717, 1.165) is 5.39 Å². The first-order valence-electron chi connectivity index (χ1n) is 9.48. The Balaban J connectivity index is 1.87. The molecule has 0 spiro atoms. The van der Waals surface area contributed by atoms with Crippen LogP contribution < -0.4 is 9.47 Å². The third kappa shape index (κ3) is 4.45. The van der Waals surface area contributed by atoms with Gasteiger partial charge >= 0.3 is 12.1 Å². The van der Waals surface area contributed by atoms with Crippen molar-refractivity contribution in [1.29, 1.82) is 0 Å². The van der Waals surface area contributed by atoms with Crippen molar-refractivity contribution in [2.24, 2.45) is 0 Å². The lowest BCUT2D eigenvalue weighted by molar-refractivity contribution is -0.148. The molecular formula is C21H25BrN2O6. The molecule has 2 atom stereocenters. The average Bonchev–Trinajstić information content (AvgIpc) is 2.98. The molecule has 1 aliphatic heterocycles. The lowest BCUT2D eigenvalue weighted by atomic mass is 9.99. The first kappa shape index (κ1) is 22.1. The predicted octanol–water partition coefficient (Wildman–Crippen LogP) is 4.24. The molecule has 1 amide bonds. The van der Waals surface area contributed by atoms with Crippen LogP contribution in [-0.2, 0) is 9.53 Å². The van der Waals surface area contributed by atoms with Crippen molar-refractivity contribution in [3.05, 3.63) is 28.7 Å². The molecule has 0 unspecified atom stereocenters. The number of rotatable bonds is 4. The summed E-state index contributed by atoms with van der Waals surface area (Å²) >= 11 is 3.46. The van der Waals surface area contributed by atoms with E-state index in [-0.39, 0.29) is 13.0 Å². The van der Waals surface area contributed by atoms with Crippen molar-refractivity contribution < 1.29 is 28.9 Å². The first-order valence-corrected chi connectivity index (χ1v) is 10.3. The zero-order valence-corrected chi connectivity index (χ0v) is 19.1. The van der Waals surface area contributed by atoms with Gasteiger partial charge in [0.25, 0.3) is 0 Å². The Labute approximate surface area is 183 Å². The van der Waals surface area contributed by atoms with Crippen LogP contribution in [0.5, 0.6) is 11.6 Å². The van der Waals surface area contributed by atoms with Crippen LogP contribution in [-0.4, -0.2) is 58.0 Å². The van der Waals surface area contributed by atoms with E-state index in [0.29, 0.717) is 21.6 Å². The van der Waals surface area contributed by atoms with E-state index < -0.39 is 29.3 Å². The third-order valence-electron chi connectivity index (χ3n) is 4.91. The van der Waals surface area contributed by atoms with Crippen LogP contribution in [0.4, 0.5) is 4.79 Å². The maximum absolute atomic E-state index is 12.6. The molecule has 1 aliphatic rings. The van der Waals surface area contributed by atoms with Crippen LogP contribution in [0.15, 0.2) is 28.7 Å². The Kier molecular flexibility index (Phi) is 5.86. The van der Waals surface area contributed by atoms with Crippen molar-refractivity contribution >= 4 is 38.9 Å². The van der Waals surface area contributed by atoms with Crippen LogP contribution in [0.3, 0.4) is 0 Å². The van der Waals surface area contributed by atoms with Crippen molar-refractivity contribution in [3.63, 3.8) is 0 Å². The predicted molar refractivity (Wildman–Crippen MR) is 114 cm³/mol. The number of nitrogens with zero attached hydrogens (tertiary/aromatic N) is 2. The number of fused-ring (bicyclic) bond motifs is 1. The lowest BCUT2D eigenvalue weighted by Crippen LogP contribution is -2.52. The Morgan fingerprint density at radius 1 is 1.30 bits per heavy atom. The van der Waals surface area contributed by atoms with Crippen molar-refractivity contribution in [3.8, 4) is 11.6 Å². The molecule has 1 aromatic carbocycles. The molecule has 30 heavy (non-hydrogen) atoms. The molecule has 2 heterocycles. The van der Waals surface area contributed by atoms with Gasteiger partial charge in [0.1, 0.15) is 23.0 Å². The minimum absolute atomic E-state index is 0.0714. The Bertz CT molecular complexity index is 989. The number of aliphatic carboxylic acids is 1. The number of carbonyl (C=O) groups excluding carboxylic acids is 1. The van der Waals surface area contributed by atoms with Crippen molar-refractivity contribution in [2.45, 2.75) is 51.4 Å². The van der Waals surface area contributed by atoms with E-state index in [2.05, 4.69) is 20.9 Å². The summed E-state index contributed by atoms with van der Waals surface area (Å²) in [6.45, 7) is 6.77. The highest BCUT2D eigenvalue weighted by atomic mass is 79.9. The summed E-state index contributed by atoms with van der Waals surface area (Å²) in [6.07, 6.45) is -1.15. The quantitative estimate of drug-likeness (QED) is 0.698. The number of halogens is 1. The van der Waals surface area contributed by atoms with Gasteiger partial charge in [-0.25, -0.2) is 14.6 Å². The summed E-state index contributed by atoms with van der Waals surface area (Å²) in [7, 11) is 1.58. The van der Waals surface area contributed by atoms with Gasteiger partial charge in [-0.1, -0.05) is 0 Å². The standard InChI is InChI=1S/C21H25BrN2O6/c1-20(2,3)30-19(27)24-11-14(10-21(24,4)18(25)26)29-17-15(22)8-12-6-7-13(28-5)9-16(12)23-17/h6-9,14H,10-11H2,1-5H3,(H,25,26)/t14-,21+/m1/s1. The van der Waals surface area contributed by atoms with Crippen LogP contribution >= 0.6 is 15.9 Å². The average molecular weight is 481 g/mol. The van der Waals surface area contributed by atoms with Gasteiger partial charge in [-0.05, 0) is 61.8 Å². The second kappa shape index (κ2) is 7.94. The number of carbonyl (C=O) groups is 2. The number of ether oxygens (including phenoxy) is 3.